The lowest BCUT2D eigenvalue weighted by atomic mass is 9.95. The van der Waals surface area contributed by atoms with E-state index in [1.165, 1.54) is 16.7 Å². The number of amides is 2. The molecular weight excluding hydrogens is 268 g/mol. The van der Waals surface area contributed by atoms with Gasteiger partial charge in [-0.15, -0.1) is 11.8 Å². The number of carbonyl (C=O) groups excluding carboxylic acids is 1. The molecule has 0 aromatic carbocycles. The SMILES string of the molecule is CC1SCC(C(=O)O)N1C(=O)NC1(C)CCOC1C. The highest BCUT2D eigenvalue weighted by Gasteiger charge is 2.44. The molecule has 0 radical (unpaired) electrons. The highest BCUT2D eigenvalue weighted by atomic mass is 32.2. The third-order valence-electron chi connectivity index (χ3n) is 4.02. The Morgan fingerprint density at radius 1 is 1.47 bits per heavy atom. The predicted octanol–water partition coefficient (Wildman–Crippen LogP) is 1.11. The maximum Gasteiger partial charge on any atom is 0.327 e. The average Bonchev–Trinajstić information content (AvgIpc) is 2.84. The fraction of sp³-hybridized carbons (Fsp3) is 0.833. The smallest absolute Gasteiger partial charge is 0.327 e. The second-order valence-corrected chi connectivity index (χ2v) is 6.65. The maximum absolute atomic E-state index is 12.4. The van der Waals surface area contributed by atoms with E-state index >= 15 is 0 Å². The number of hydrogen-bond acceptors (Lipinski definition) is 4. The molecule has 2 aliphatic heterocycles. The summed E-state index contributed by atoms with van der Waals surface area (Å²) < 4.78 is 5.48. The van der Waals surface area contributed by atoms with Gasteiger partial charge in [0, 0.05) is 12.4 Å². The third-order valence-corrected chi connectivity index (χ3v) is 5.24. The van der Waals surface area contributed by atoms with Gasteiger partial charge in [-0.05, 0) is 27.2 Å². The number of hydrogen-bond donors (Lipinski definition) is 2. The van der Waals surface area contributed by atoms with Crippen molar-refractivity contribution >= 4 is 23.8 Å². The molecule has 19 heavy (non-hydrogen) atoms. The predicted molar refractivity (Wildman–Crippen MR) is 72.2 cm³/mol. The molecule has 0 saturated carbocycles. The van der Waals surface area contributed by atoms with Crippen LogP contribution in [0.3, 0.4) is 0 Å². The van der Waals surface area contributed by atoms with Crippen molar-refractivity contribution in [2.45, 2.75) is 50.3 Å². The molecule has 0 aromatic rings. The van der Waals surface area contributed by atoms with E-state index in [0.29, 0.717) is 12.4 Å². The lowest BCUT2D eigenvalue weighted by molar-refractivity contribution is -0.141. The second-order valence-electron chi connectivity index (χ2n) is 5.30. The van der Waals surface area contributed by atoms with E-state index in [9.17, 15) is 9.59 Å². The zero-order chi connectivity index (χ0) is 14.2. The molecule has 2 heterocycles. The largest absolute Gasteiger partial charge is 0.480 e. The van der Waals surface area contributed by atoms with Crippen molar-refractivity contribution in [3.8, 4) is 0 Å². The summed E-state index contributed by atoms with van der Waals surface area (Å²) >= 11 is 1.48. The van der Waals surface area contributed by atoms with E-state index < -0.39 is 17.6 Å². The summed E-state index contributed by atoms with van der Waals surface area (Å²) in [5.74, 6) is -0.514. The molecule has 2 rings (SSSR count). The summed E-state index contributed by atoms with van der Waals surface area (Å²) in [4.78, 5) is 25.0. The number of ether oxygens (including phenoxy) is 1. The number of aliphatic carboxylic acids is 1. The van der Waals surface area contributed by atoms with Crippen molar-refractivity contribution in [1.82, 2.24) is 10.2 Å². The maximum atomic E-state index is 12.4. The van der Waals surface area contributed by atoms with Crippen LogP contribution in [-0.2, 0) is 9.53 Å². The van der Waals surface area contributed by atoms with Crippen LogP contribution in [0, 0.1) is 0 Å². The molecule has 0 spiro atoms. The Morgan fingerprint density at radius 2 is 2.16 bits per heavy atom. The number of carboxylic acids is 1. The zero-order valence-corrected chi connectivity index (χ0v) is 12.2. The first-order valence-electron chi connectivity index (χ1n) is 6.41. The van der Waals surface area contributed by atoms with E-state index in [0.717, 1.165) is 6.42 Å². The van der Waals surface area contributed by atoms with Crippen LogP contribution in [-0.4, -0.2) is 57.4 Å². The van der Waals surface area contributed by atoms with Crippen molar-refractivity contribution in [3.05, 3.63) is 0 Å². The molecule has 2 N–H and O–H groups in total. The quantitative estimate of drug-likeness (QED) is 0.796. The summed E-state index contributed by atoms with van der Waals surface area (Å²) in [5.41, 5.74) is -0.423. The molecule has 0 bridgehead atoms. The number of nitrogens with zero attached hydrogens (tertiary/aromatic N) is 1. The average molecular weight is 288 g/mol. The standard InChI is InChI=1S/C12H20N2O4S/c1-7-12(3,4-5-18-7)13-11(17)14-8(2)19-6-9(14)10(15)16/h7-9H,4-6H2,1-3H3,(H,13,17)(H,15,16). The van der Waals surface area contributed by atoms with Crippen LogP contribution >= 0.6 is 11.8 Å². The molecule has 0 aromatic heterocycles. The van der Waals surface area contributed by atoms with Crippen LogP contribution in [0.25, 0.3) is 0 Å². The number of nitrogens with one attached hydrogen (secondary N) is 1. The number of thioether (sulfide) groups is 1. The molecular formula is C12H20N2O4S. The fourth-order valence-electron chi connectivity index (χ4n) is 2.45. The van der Waals surface area contributed by atoms with Crippen molar-refractivity contribution in [2.75, 3.05) is 12.4 Å². The number of carbonyl (C=O) groups is 2. The molecule has 2 saturated heterocycles. The molecule has 108 valence electrons. The molecule has 7 heteroatoms. The van der Waals surface area contributed by atoms with Gasteiger partial charge in [0.1, 0.15) is 6.04 Å². The van der Waals surface area contributed by atoms with Crippen LogP contribution in [0.15, 0.2) is 0 Å². The van der Waals surface area contributed by atoms with Gasteiger partial charge in [-0.3, -0.25) is 4.90 Å². The first kappa shape index (κ1) is 14.5. The summed E-state index contributed by atoms with van der Waals surface area (Å²) in [6, 6.07) is -1.06. The van der Waals surface area contributed by atoms with Gasteiger partial charge in [0.25, 0.3) is 0 Å². The Morgan fingerprint density at radius 3 is 2.68 bits per heavy atom. The molecule has 2 fully saturated rings. The monoisotopic (exact) mass is 288 g/mol. The summed E-state index contributed by atoms with van der Waals surface area (Å²) in [6.07, 6.45) is 0.679. The van der Waals surface area contributed by atoms with Crippen LogP contribution in [0.5, 0.6) is 0 Å². The van der Waals surface area contributed by atoms with Gasteiger partial charge in [0.15, 0.2) is 0 Å². The minimum absolute atomic E-state index is 0.0645. The van der Waals surface area contributed by atoms with E-state index in [1.807, 2.05) is 20.8 Å². The summed E-state index contributed by atoms with van der Waals surface area (Å²) in [7, 11) is 0. The normalized spacial score (nSPS) is 38.5. The van der Waals surface area contributed by atoms with Gasteiger partial charge >= 0.3 is 12.0 Å². The van der Waals surface area contributed by atoms with Crippen LogP contribution in [0.2, 0.25) is 0 Å². The van der Waals surface area contributed by atoms with Crippen LogP contribution in [0.4, 0.5) is 4.79 Å². The van der Waals surface area contributed by atoms with Gasteiger partial charge in [-0.25, -0.2) is 9.59 Å². The van der Waals surface area contributed by atoms with Crippen LogP contribution < -0.4 is 5.32 Å². The Balaban J connectivity index is 2.08. The second kappa shape index (κ2) is 5.20. The minimum Gasteiger partial charge on any atom is -0.480 e. The minimum atomic E-state index is -0.951. The zero-order valence-electron chi connectivity index (χ0n) is 11.4. The van der Waals surface area contributed by atoms with Crippen LogP contribution in [0.1, 0.15) is 27.2 Å². The van der Waals surface area contributed by atoms with E-state index in [1.54, 1.807) is 0 Å². The number of urea groups is 1. The van der Waals surface area contributed by atoms with E-state index in [-0.39, 0.29) is 17.5 Å². The van der Waals surface area contributed by atoms with E-state index in [2.05, 4.69) is 5.32 Å². The lowest BCUT2D eigenvalue weighted by Gasteiger charge is -2.33. The highest BCUT2D eigenvalue weighted by molar-refractivity contribution is 8.00. The van der Waals surface area contributed by atoms with E-state index in [4.69, 9.17) is 9.84 Å². The summed E-state index contributed by atoms with van der Waals surface area (Å²) in [6.45, 7) is 6.32. The van der Waals surface area contributed by atoms with Crippen molar-refractivity contribution in [2.24, 2.45) is 0 Å². The van der Waals surface area contributed by atoms with Gasteiger partial charge in [-0.1, -0.05) is 0 Å². The Hall–Kier alpha value is -0.950. The molecule has 4 unspecified atom stereocenters. The topological polar surface area (TPSA) is 78.9 Å². The Bertz CT molecular complexity index is 392. The number of rotatable bonds is 2. The first-order valence-corrected chi connectivity index (χ1v) is 7.46. The highest BCUT2D eigenvalue weighted by Crippen LogP contribution is 2.31. The molecule has 6 nitrogen and oxygen atoms in total. The van der Waals surface area contributed by atoms with Crippen molar-refractivity contribution in [1.29, 1.82) is 0 Å². The summed E-state index contributed by atoms with van der Waals surface area (Å²) in [5, 5.41) is 12.0. The molecule has 2 amide bonds. The van der Waals surface area contributed by atoms with Gasteiger partial charge in [0.05, 0.1) is 17.0 Å². The Labute approximate surface area is 116 Å². The fourth-order valence-corrected chi connectivity index (χ4v) is 3.62. The lowest BCUT2D eigenvalue weighted by Crippen LogP contribution is -2.58. The van der Waals surface area contributed by atoms with Crippen molar-refractivity contribution < 1.29 is 19.4 Å². The number of carboxylic acid groups (broad SMARTS) is 1. The van der Waals surface area contributed by atoms with Gasteiger partial charge in [0.2, 0.25) is 0 Å². The Kier molecular flexibility index (Phi) is 3.96. The molecule has 4 atom stereocenters. The first-order chi connectivity index (χ1) is 8.85. The molecule has 2 aliphatic rings. The van der Waals surface area contributed by atoms with Gasteiger partial charge < -0.3 is 15.2 Å². The van der Waals surface area contributed by atoms with Gasteiger partial charge in [-0.2, -0.15) is 0 Å². The third kappa shape index (κ3) is 2.67. The molecule has 0 aliphatic carbocycles. The van der Waals surface area contributed by atoms with Crippen molar-refractivity contribution in [3.63, 3.8) is 0 Å².